The smallest absolute Gasteiger partial charge is 0.252 e. The first-order chi connectivity index (χ1) is 11.2. The van der Waals surface area contributed by atoms with Crippen molar-refractivity contribution in [3.63, 3.8) is 0 Å². The van der Waals surface area contributed by atoms with Gasteiger partial charge < -0.3 is 10.6 Å². The Morgan fingerprint density at radius 2 is 1.67 bits per heavy atom. The molecule has 2 aromatic carbocycles. The molecule has 2 N–H and O–H groups in total. The zero-order valence-electron chi connectivity index (χ0n) is 12.4. The van der Waals surface area contributed by atoms with Gasteiger partial charge in [0, 0.05) is 10.6 Å². The van der Waals surface area contributed by atoms with Crippen molar-refractivity contribution in [1.82, 2.24) is 5.32 Å². The highest BCUT2D eigenvalue weighted by atomic mass is 35.6. The Morgan fingerprint density at radius 1 is 1.04 bits per heavy atom. The number of nitrogens with one attached hydrogen (secondary N) is 2. The lowest BCUT2D eigenvalue weighted by Gasteiger charge is -2.28. The summed E-state index contributed by atoms with van der Waals surface area (Å²) in [6.07, 6.45) is -1.02. The molecule has 0 aliphatic heterocycles. The van der Waals surface area contributed by atoms with Gasteiger partial charge in [-0.2, -0.15) is 0 Å². The highest BCUT2D eigenvalue weighted by Gasteiger charge is 2.34. The second-order valence-electron chi connectivity index (χ2n) is 5.08. The van der Waals surface area contributed by atoms with Crippen molar-refractivity contribution in [2.45, 2.75) is 16.9 Å². The Hall–Kier alpha value is -0.840. The number of amides is 1. The summed E-state index contributed by atoms with van der Waals surface area (Å²) in [4.78, 5) is 12.4. The third-order valence-corrected chi connectivity index (χ3v) is 4.36. The van der Waals surface area contributed by atoms with Gasteiger partial charge in [-0.15, -0.1) is 0 Å². The molecule has 3 nitrogen and oxygen atoms in total. The van der Waals surface area contributed by atoms with E-state index in [-0.39, 0.29) is 0 Å². The van der Waals surface area contributed by atoms with Crippen LogP contribution in [-0.4, -0.2) is 15.9 Å². The Morgan fingerprint density at radius 3 is 2.25 bits per heavy atom. The number of alkyl halides is 3. The second kappa shape index (κ2) is 8.03. The molecule has 0 fully saturated rings. The molecule has 24 heavy (non-hydrogen) atoms. The fourth-order valence-corrected chi connectivity index (χ4v) is 2.55. The maximum Gasteiger partial charge on any atom is 0.252 e. The standard InChI is InChI=1S/C16H13Cl5N2O/c1-9-2-4-10(5-3-9)14(24)23-15(16(19,20)21)22-13-8-11(17)6-7-12(13)18/h2-8,15,22H,1H3,(H,23,24)/t15-/m1/s1. The van der Waals surface area contributed by atoms with Gasteiger partial charge in [-0.1, -0.05) is 75.7 Å². The first-order valence-electron chi connectivity index (χ1n) is 6.82. The second-order valence-corrected chi connectivity index (χ2v) is 8.30. The van der Waals surface area contributed by atoms with Crippen LogP contribution in [0.1, 0.15) is 15.9 Å². The van der Waals surface area contributed by atoms with Crippen molar-refractivity contribution in [3.8, 4) is 0 Å². The molecule has 0 saturated carbocycles. The molecule has 0 saturated heterocycles. The van der Waals surface area contributed by atoms with Crippen LogP contribution in [0.25, 0.3) is 0 Å². The van der Waals surface area contributed by atoms with Gasteiger partial charge in [0.2, 0.25) is 3.79 Å². The van der Waals surface area contributed by atoms with Crippen LogP contribution in [0, 0.1) is 6.92 Å². The van der Waals surface area contributed by atoms with E-state index >= 15 is 0 Å². The van der Waals surface area contributed by atoms with Crippen LogP contribution >= 0.6 is 58.0 Å². The van der Waals surface area contributed by atoms with E-state index < -0.39 is 15.9 Å². The zero-order chi connectivity index (χ0) is 17.9. The van der Waals surface area contributed by atoms with Crippen LogP contribution in [-0.2, 0) is 0 Å². The highest BCUT2D eigenvalue weighted by Crippen LogP contribution is 2.33. The molecule has 0 radical (unpaired) electrons. The lowest BCUT2D eigenvalue weighted by molar-refractivity contribution is 0.0942. The highest BCUT2D eigenvalue weighted by molar-refractivity contribution is 6.68. The maximum atomic E-state index is 12.4. The lowest BCUT2D eigenvalue weighted by atomic mass is 10.1. The number of hydrogen-bond donors (Lipinski definition) is 2. The fraction of sp³-hybridized carbons (Fsp3) is 0.188. The van der Waals surface area contributed by atoms with E-state index in [2.05, 4.69) is 10.6 Å². The van der Waals surface area contributed by atoms with E-state index in [0.29, 0.717) is 21.3 Å². The van der Waals surface area contributed by atoms with E-state index in [1.54, 1.807) is 30.3 Å². The first kappa shape index (κ1) is 19.5. The van der Waals surface area contributed by atoms with E-state index in [9.17, 15) is 4.79 Å². The van der Waals surface area contributed by atoms with Gasteiger partial charge in [0.25, 0.3) is 5.91 Å². The largest absolute Gasteiger partial charge is 0.361 e. The van der Waals surface area contributed by atoms with Gasteiger partial charge >= 0.3 is 0 Å². The van der Waals surface area contributed by atoms with Crippen LogP contribution in [0.15, 0.2) is 42.5 Å². The summed E-state index contributed by atoms with van der Waals surface area (Å²) in [6.45, 7) is 1.93. The Balaban J connectivity index is 2.21. The van der Waals surface area contributed by atoms with Crippen molar-refractivity contribution >= 4 is 69.6 Å². The van der Waals surface area contributed by atoms with Gasteiger partial charge in [-0.05, 0) is 37.3 Å². The maximum absolute atomic E-state index is 12.4. The van der Waals surface area contributed by atoms with Crippen molar-refractivity contribution in [2.75, 3.05) is 5.32 Å². The number of benzene rings is 2. The zero-order valence-corrected chi connectivity index (χ0v) is 16.2. The van der Waals surface area contributed by atoms with Crippen LogP contribution in [0.2, 0.25) is 10.0 Å². The van der Waals surface area contributed by atoms with Crippen LogP contribution in [0.5, 0.6) is 0 Å². The normalized spacial score (nSPS) is 12.6. The molecule has 0 aromatic heterocycles. The Kier molecular flexibility index (Phi) is 6.52. The minimum atomic E-state index is -1.81. The molecule has 0 heterocycles. The average Bonchev–Trinajstić information content (AvgIpc) is 2.49. The summed E-state index contributed by atoms with van der Waals surface area (Å²) in [5.74, 6) is -0.392. The number of anilines is 1. The molecule has 8 heteroatoms. The van der Waals surface area contributed by atoms with Crippen LogP contribution in [0.4, 0.5) is 5.69 Å². The van der Waals surface area contributed by atoms with E-state index in [1.165, 1.54) is 0 Å². The number of halogens is 5. The predicted octanol–water partition coefficient (Wildman–Crippen LogP) is 5.84. The Labute approximate surface area is 165 Å². The summed E-state index contributed by atoms with van der Waals surface area (Å²) in [7, 11) is 0. The number of carbonyl (C=O) groups excluding carboxylic acids is 1. The molecule has 0 aliphatic rings. The third-order valence-electron chi connectivity index (χ3n) is 3.14. The quantitative estimate of drug-likeness (QED) is 0.476. The van der Waals surface area contributed by atoms with E-state index in [0.717, 1.165) is 5.56 Å². The third kappa shape index (κ3) is 5.33. The van der Waals surface area contributed by atoms with Crippen LogP contribution < -0.4 is 10.6 Å². The summed E-state index contributed by atoms with van der Waals surface area (Å²) >= 11 is 30.0. The molecule has 0 spiro atoms. The number of rotatable bonds is 4. The van der Waals surface area contributed by atoms with Crippen molar-refractivity contribution in [3.05, 3.63) is 63.6 Å². The Bertz CT molecular complexity index is 728. The van der Waals surface area contributed by atoms with Crippen molar-refractivity contribution in [1.29, 1.82) is 0 Å². The number of hydrogen-bond acceptors (Lipinski definition) is 2. The lowest BCUT2D eigenvalue weighted by Crippen LogP contribution is -2.49. The monoisotopic (exact) mass is 424 g/mol. The average molecular weight is 427 g/mol. The van der Waals surface area contributed by atoms with Gasteiger partial charge in [0.05, 0.1) is 10.7 Å². The predicted molar refractivity (Wildman–Crippen MR) is 103 cm³/mol. The summed E-state index contributed by atoms with van der Waals surface area (Å²) in [5, 5.41) is 6.37. The summed E-state index contributed by atoms with van der Waals surface area (Å²) < 4.78 is -1.81. The molecule has 1 atom stereocenters. The van der Waals surface area contributed by atoms with Crippen LogP contribution in [0.3, 0.4) is 0 Å². The SMILES string of the molecule is Cc1ccc(C(=O)N[C@@H](Nc2cc(Cl)ccc2Cl)C(Cl)(Cl)Cl)cc1. The molecular weight excluding hydrogens is 413 g/mol. The topological polar surface area (TPSA) is 41.1 Å². The molecule has 128 valence electrons. The first-order valence-corrected chi connectivity index (χ1v) is 8.71. The minimum absolute atomic E-state index is 0.378. The van der Waals surface area contributed by atoms with Gasteiger partial charge in [-0.25, -0.2) is 0 Å². The molecule has 2 aromatic rings. The van der Waals surface area contributed by atoms with Crippen molar-refractivity contribution < 1.29 is 4.79 Å². The van der Waals surface area contributed by atoms with E-state index in [4.69, 9.17) is 58.0 Å². The van der Waals surface area contributed by atoms with E-state index in [1.807, 2.05) is 19.1 Å². The molecule has 0 aliphatic carbocycles. The number of carbonyl (C=O) groups is 1. The van der Waals surface area contributed by atoms with Crippen molar-refractivity contribution in [2.24, 2.45) is 0 Å². The minimum Gasteiger partial charge on any atom is -0.361 e. The molecule has 0 bridgehead atoms. The van der Waals surface area contributed by atoms with Gasteiger partial charge in [-0.3, -0.25) is 4.79 Å². The molecule has 2 rings (SSSR count). The summed E-state index contributed by atoms with van der Waals surface area (Å²) in [5.41, 5.74) is 1.91. The molecular formula is C16H13Cl5N2O. The summed E-state index contributed by atoms with van der Waals surface area (Å²) in [6, 6.07) is 11.8. The number of aryl methyl sites for hydroxylation is 1. The fourth-order valence-electron chi connectivity index (χ4n) is 1.88. The van der Waals surface area contributed by atoms with Gasteiger partial charge in [0.15, 0.2) is 0 Å². The molecule has 0 unspecified atom stereocenters. The van der Waals surface area contributed by atoms with Gasteiger partial charge in [0.1, 0.15) is 6.17 Å². The molecule has 1 amide bonds.